The van der Waals surface area contributed by atoms with Gasteiger partial charge in [0.2, 0.25) is 5.91 Å². The quantitative estimate of drug-likeness (QED) is 0.532. The van der Waals surface area contributed by atoms with Crippen LogP contribution in [0, 0.1) is 0 Å². The molecule has 0 fully saturated rings. The molecule has 0 spiro atoms. The molecule has 1 heterocycles. The molecule has 2 rings (SSSR count). The van der Waals surface area contributed by atoms with Gasteiger partial charge in [0.25, 0.3) is 0 Å². The van der Waals surface area contributed by atoms with Gasteiger partial charge in [-0.25, -0.2) is 0 Å². The summed E-state index contributed by atoms with van der Waals surface area (Å²) in [5.41, 5.74) is 1.27. The van der Waals surface area contributed by atoms with Gasteiger partial charge in [0, 0.05) is 4.91 Å². The fraction of sp³-hybridized carbons (Fsp3) is 0.286. The van der Waals surface area contributed by atoms with E-state index in [-0.39, 0.29) is 5.91 Å². The Kier molecular flexibility index (Phi) is 1.31. The molecule has 0 aromatic rings. The van der Waals surface area contributed by atoms with Crippen LogP contribution in [-0.2, 0) is 4.79 Å². The van der Waals surface area contributed by atoms with E-state index < -0.39 is 0 Å². The predicted octanol–water partition coefficient (Wildman–Crippen LogP) is 1.37. The van der Waals surface area contributed by atoms with Crippen molar-refractivity contribution in [1.29, 1.82) is 0 Å². The molecular formula is C7H7NOS. The van der Waals surface area contributed by atoms with Crippen LogP contribution in [0.2, 0.25) is 0 Å². The first-order chi connectivity index (χ1) is 4.86. The molecule has 0 bridgehead atoms. The van der Waals surface area contributed by atoms with Gasteiger partial charge in [0.1, 0.15) is 0 Å². The fourth-order valence-corrected chi connectivity index (χ4v) is 1.89. The van der Waals surface area contributed by atoms with Crippen molar-refractivity contribution in [1.82, 2.24) is 4.72 Å². The number of rotatable bonds is 0. The van der Waals surface area contributed by atoms with Crippen molar-refractivity contribution in [3.63, 3.8) is 0 Å². The van der Waals surface area contributed by atoms with Crippen molar-refractivity contribution >= 4 is 17.9 Å². The highest BCUT2D eigenvalue weighted by Gasteiger charge is 2.18. The lowest BCUT2D eigenvalue weighted by Crippen LogP contribution is -2.19. The van der Waals surface area contributed by atoms with Gasteiger partial charge in [-0.3, -0.25) is 9.52 Å². The Balaban J connectivity index is 2.26. The Morgan fingerprint density at radius 1 is 1.60 bits per heavy atom. The summed E-state index contributed by atoms with van der Waals surface area (Å²) in [7, 11) is 0. The van der Waals surface area contributed by atoms with E-state index in [2.05, 4.69) is 16.9 Å². The number of carbonyl (C=O) groups is 1. The van der Waals surface area contributed by atoms with E-state index in [4.69, 9.17) is 0 Å². The van der Waals surface area contributed by atoms with Crippen molar-refractivity contribution in [2.24, 2.45) is 0 Å². The molecule has 1 N–H and O–H groups in total. The molecule has 2 aliphatic rings. The Labute approximate surface area is 63.5 Å². The largest absolute Gasteiger partial charge is 0.296 e. The smallest absolute Gasteiger partial charge is 0.234 e. The number of nitrogens with one attached hydrogen (secondary N) is 1. The van der Waals surface area contributed by atoms with E-state index in [0.717, 1.165) is 6.42 Å². The van der Waals surface area contributed by atoms with Crippen molar-refractivity contribution < 1.29 is 4.79 Å². The molecule has 0 aromatic heterocycles. The third kappa shape index (κ3) is 0.865. The second kappa shape index (κ2) is 2.16. The summed E-state index contributed by atoms with van der Waals surface area (Å²) in [6.07, 6.45) is 5.72. The van der Waals surface area contributed by atoms with Gasteiger partial charge in [-0.15, -0.1) is 0 Å². The van der Waals surface area contributed by atoms with Crippen LogP contribution in [0.4, 0.5) is 0 Å². The standard InChI is InChI=1S/C7H7NOS/c9-7-4-5-2-1-3-6(5)10-8-7/h1,3H,2,4H2,(H,8,9). The zero-order valence-corrected chi connectivity index (χ0v) is 6.20. The topological polar surface area (TPSA) is 29.1 Å². The maximum Gasteiger partial charge on any atom is 0.234 e. The summed E-state index contributed by atoms with van der Waals surface area (Å²) < 4.78 is 2.72. The van der Waals surface area contributed by atoms with Crippen LogP contribution < -0.4 is 4.72 Å². The summed E-state index contributed by atoms with van der Waals surface area (Å²) in [5.74, 6) is 0.132. The Morgan fingerprint density at radius 2 is 2.50 bits per heavy atom. The molecule has 0 unspecified atom stereocenters. The van der Waals surface area contributed by atoms with Crippen molar-refractivity contribution in [3.8, 4) is 0 Å². The SMILES string of the molecule is O=C1CC2=C(C=CC2)SN1. The summed E-state index contributed by atoms with van der Waals surface area (Å²) >= 11 is 1.44. The first-order valence-corrected chi connectivity index (χ1v) is 4.02. The Morgan fingerprint density at radius 3 is 3.40 bits per heavy atom. The molecule has 52 valence electrons. The molecular weight excluding hydrogens is 146 g/mol. The zero-order valence-electron chi connectivity index (χ0n) is 5.39. The van der Waals surface area contributed by atoms with Crippen LogP contribution in [0.15, 0.2) is 22.6 Å². The molecule has 0 atom stereocenters. The number of hydrogen-bond donors (Lipinski definition) is 1. The number of hydrogen-bond acceptors (Lipinski definition) is 2. The van der Waals surface area contributed by atoms with Gasteiger partial charge in [0.15, 0.2) is 0 Å². The zero-order chi connectivity index (χ0) is 6.97. The van der Waals surface area contributed by atoms with Crippen LogP contribution in [-0.4, -0.2) is 5.91 Å². The molecule has 0 aromatic carbocycles. The number of amides is 1. The van der Waals surface area contributed by atoms with E-state index in [9.17, 15) is 4.79 Å². The van der Waals surface area contributed by atoms with Gasteiger partial charge in [-0.05, 0) is 23.9 Å². The van der Waals surface area contributed by atoms with Gasteiger partial charge in [0.05, 0.1) is 6.42 Å². The minimum Gasteiger partial charge on any atom is -0.296 e. The third-order valence-corrected chi connectivity index (χ3v) is 2.61. The van der Waals surface area contributed by atoms with Crippen molar-refractivity contribution in [2.45, 2.75) is 12.8 Å². The lowest BCUT2D eigenvalue weighted by Gasteiger charge is -2.12. The van der Waals surface area contributed by atoms with E-state index in [0.29, 0.717) is 6.42 Å². The summed E-state index contributed by atoms with van der Waals surface area (Å²) in [4.78, 5) is 12.0. The van der Waals surface area contributed by atoms with E-state index in [1.807, 2.05) is 0 Å². The van der Waals surface area contributed by atoms with Gasteiger partial charge in [-0.2, -0.15) is 0 Å². The highest BCUT2D eigenvalue weighted by Crippen LogP contribution is 2.32. The van der Waals surface area contributed by atoms with E-state index >= 15 is 0 Å². The molecule has 1 aliphatic carbocycles. The highest BCUT2D eigenvalue weighted by atomic mass is 32.2. The van der Waals surface area contributed by atoms with Crippen LogP contribution in [0.25, 0.3) is 0 Å². The molecule has 1 aliphatic heterocycles. The van der Waals surface area contributed by atoms with Crippen LogP contribution in [0.3, 0.4) is 0 Å². The van der Waals surface area contributed by atoms with E-state index in [1.54, 1.807) is 0 Å². The molecule has 10 heavy (non-hydrogen) atoms. The average Bonchev–Trinajstić information content (AvgIpc) is 2.33. The molecule has 0 saturated carbocycles. The lowest BCUT2D eigenvalue weighted by molar-refractivity contribution is -0.118. The average molecular weight is 153 g/mol. The Hall–Kier alpha value is -0.700. The minimum absolute atomic E-state index is 0.132. The van der Waals surface area contributed by atoms with Crippen LogP contribution in [0.1, 0.15) is 12.8 Å². The fourth-order valence-electron chi connectivity index (χ4n) is 1.13. The van der Waals surface area contributed by atoms with Crippen molar-refractivity contribution in [2.75, 3.05) is 0 Å². The highest BCUT2D eigenvalue weighted by molar-refractivity contribution is 8.02. The predicted molar refractivity (Wildman–Crippen MR) is 41.1 cm³/mol. The van der Waals surface area contributed by atoms with Crippen LogP contribution >= 0.6 is 11.9 Å². The summed E-state index contributed by atoms with van der Waals surface area (Å²) in [6, 6.07) is 0. The second-order valence-corrected chi connectivity index (χ2v) is 3.23. The monoisotopic (exact) mass is 153 g/mol. The molecule has 0 saturated heterocycles. The molecule has 0 radical (unpaired) electrons. The maximum absolute atomic E-state index is 10.8. The van der Waals surface area contributed by atoms with Crippen molar-refractivity contribution in [3.05, 3.63) is 22.6 Å². The first kappa shape index (κ1) is 6.04. The molecule has 3 heteroatoms. The maximum atomic E-state index is 10.8. The molecule has 2 nitrogen and oxygen atoms in total. The minimum atomic E-state index is 0.132. The lowest BCUT2D eigenvalue weighted by atomic mass is 10.1. The normalized spacial score (nSPS) is 23.0. The van der Waals surface area contributed by atoms with Crippen LogP contribution in [0.5, 0.6) is 0 Å². The summed E-state index contributed by atoms with van der Waals surface area (Å²) in [6.45, 7) is 0. The van der Waals surface area contributed by atoms with Gasteiger partial charge in [-0.1, -0.05) is 12.2 Å². The van der Waals surface area contributed by atoms with E-state index in [1.165, 1.54) is 22.4 Å². The number of allylic oxidation sites excluding steroid dienone is 2. The van der Waals surface area contributed by atoms with Gasteiger partial charge >= 0.3 is 0 Å². The Bertz CT molecular complexity index is 242. The number of carbonyl (C=O) groups excluding carboxylic acids is 1. The summed E-state index contributed by atoms with van der Waals surface area (Å²) in [5, 5.41) is 0. The third-order valence-electron chi connectivity index (χ3n) is 1.63. The van der Waals surface area contributed by atoms with Gasteiger partial charge < -0.3 is 0 Å². The first-order valence-electron chi connectivity index (χ1n) is 3.20. The molecule has 1 amide bonds. The second-order valence-electron chi connectivity index (χ2n) is 2.38.